The standard InChI is InChI=1S/C29H33IN3O7.C25H28INO8.C4H6N2/c1-6-13-37-29(36)26-21(16-38-22-10-8-9-20(24(22)30)15-32-12-11-31(5)17-32)18(3)25-23(27(34)33(25)26)19(4)28(35)40-39-14-7-2;1-5-10-32-25(31)22-17(13-33-18-9-7-8-16(12-28)20(18)26)14(3)21-19(23(29)27(21)22)15(4)24(30)35-34-11-6-2;1-6-3-2-5-4-6/h6-12,17-19,23,25H,1-2,13-16H2,3-5H3;5-9,14-15,19,21,28H,1-2,10-13H2,3-4H3;2-4H,1H3/q+1;;/t18-,19?,23?,25?;14-,15?,19?,21?;/m00./s1. The first-order valence-electron chi connectivity index (χ1n) is 25.8. The van der Waals surface area contributed by atoms with E-state index in [4.69, 9.17) is 38.5 Å². The van der Waals surface area contributed by atoms with Crippen LogP contribution in [0.25, 0.3) is 0 Å². The number of aromatic nitrogens is 4. The number of fused-ring (bicyclic) bond motifs is 2. The predicted octanol–water partition coefficient (Wildman–Crippen LogP) is 6.44. The molecule has 2 aromatic heterocycles. The lowest BCUT2D eigenvalue weighted by Gasteiger charge is -2.47. The van der Waals surface area contributed by atoms with Gasteiger partial charge in [-0.25, -0.2) is 33.3 Å². The zero-order valence-corrected chi connectivity index (χ0v) is 50.3. The predicted molar refractivity (Wildman–Crippen MR) is 309 cm³/mol. The minimum Gasteiger partial charge on any atom is -0.488 e. The van der Waals surface area contributed by atoms with Crippen molar-refractivity contribution in [2.75, 3.05) is 39.6 Å². The number of nitrogens with zero attached hydrogens (tertiary/aromatic N) is 6. The number of aliphatic hydroxyl groups is 1. The van der Waals surface area contributed by atoms with Crippen molar-refractivity contribution in [2.24, 2.45) is 49.6 Å². The van der Waals surface area contributed by atoms with Crippen molar-refractivity contribution in [1.29, 1.82) is 0 Å². The fourth-order valence-electron chi connectivity index (χ4n) is 9.82. The van der Waals surface area contributed by atoms with Crippen molar-refractivity contribution in [3.05, 3.63) is 165 Å². The Morgan fingerprint density at radius 3 is 1.56 bits per heavy atom. The molecule has 23 heteroatoms. The number of amides is 2. The Morgan fingerprint density at radius 1 is 0.716 bits per heavy atom. The monoisotopic (exact) mass is 1340 g/mol. The van der Waals surface area contributed by atoms with Gasteiger partial charge in [-0.15, -0.1) is 13.2 Å². The first kappa shape index (κ1) is 63.2. The van der Waals surface area contributed by atoms with Crippen LogP contribution >= 0.6 is 45.2 Å². The summed E-state index contributed by atoms with van der Waals surface area (Å²) in [5.41, 5.74) is 3.31. The van der Waals surface area contributed by atoms with Crippen molar-refractivity contribution in [3.63, 3.8) is 0 Å². The minimum absolute atomic E-state index is 0.00143. The molecule has 2 aromatic carbocycles. The number of benzene rings is 2. The van der Waals surface area contributed by atoms with E-state index in [-0.39, 0.29) is 81.3 Å². The van der Waals surface area contributed by atoms with Crippen LogP contribution in [0.15, 0.2) is 147 Å². The van der Waals surface area contributed by atoms with Crippen molar-refractivity contribution >= 4 is 80.9 Å². The number of hydrogen-bond donors (Lipinski definition) is 1. The van der Waals surface area contributed by atoms with Crippen LogP contribution in [0.1, 0.15) is 38.8 Å². The van der Waals surface area contributed by atoms with E-state index in [2.05, 4.69) is 81.0 Å². The molecule has 0 saturated carbocycles. The average Bonchev–Trinajstić information content (AvgIpc) is 4.29. The summed E-state index contributed by atoms with van der Waals surface area (Å²) in [6, 6.07) is 10.3. The minimum atomic E-state index is -0.788. The van der Waals surface area contributed by atoms with Crippen LogP contribution in [0.5, 0.6) is 11.5 Å². The second-order valence-electron chi connectivity index (χ2n) is 19.3. The van der Waals surface area contributed by atoms with Crippen LogP contribution in [-0.2, 0) is 85.0 Å². The molecule has 81 heavy (non-hydrogen) atoms. The summed E-state index contributed by atoms with van der Waals surface area (Å²) in [5.74, 6) is -5.61. The molecular weight excluding hydrogens is 1270 g/mol. The highest BCUT2D eigenvalue weighted by Crippen LogP contribution is 2.51. The number of aryl methyl sites for hydroxylation is 2. The molecule has 2 amide bonds. The van der Waals surface area contributed by atoms with Gasteiger partial charge in [0.1, 0.15) is 81.5 Å². The third-order valence-electron chi connectivity index (χ3n) is 14.0. The van der Waals surface area contributed by atoms with Crippen LogP contribution in [-0.4, -0.2) is 116 Å². The van der Waals surface area contributed by atoms with E-state index in [1.165, 1.54) is 34.1 Å². The molecule has 8 rings (SSSR count). The maximum Gasteiger partial charge on any atom is 0.355 e. The number of esters is 2. The first-order valence-corrected chi connectivity index (χ1v) is 27.9. The Morgan fingerprint density at radius 2 is 1.17 bits per heavy atom. The smallest absolute Gasteiger partial charge is 0.355 e. The first-order chi connectivity index (χ1) is 38.9. The topological polar surface area (TPSA) is 230 Å². The summed E-state index contributed by atoms with van der Waals surface area (Å²) < 4.78 is 30.5. The zero-order valence-electron chi connectivity index (χ0n) is 45.9. The number of halogens is 2. The van der Waals surface area contributed by atoms with Crippen molar-refractivity contribution < 1.29 is 76.9 Å². The maximum atomic E-state index is 13.3. The summed E-state index contributed by atoms with van der Waals surface area (Å²) in [7, 11) is 3.90. The lowest BCUT2D eigenvalue weighted by molar-refractivity contribution is -0.671. The highest BCUT2D eigenvalue weighted by molar-refractivity contribution is 14.1. The molecule has 4 aromatic rings. The summed E-state index contributed by atoms with van der Waals surface area (Å²) in [6.07, 6.45) is 17.1. The number of aliphatic hydroxyl groups excluding tert-OH is 1. The van der Waals surface area contributed by atoms with E-state index in [1.807, 2.05) is 80.2 Å². The Hall–Kier alpha value is -6.94. The number of imidazole rings is 2. The van der Waals surface area contributed by atoms with Gasteiger partial charge in [0.05, 0.1) is 62.9 Å². The second kappa shape index (κ2) is 29.7. The van der Waals surface area contributed by atoms with Gasteiger partial charge in [0.25, 0.3) is 0 Å². The van der Waals surface area contributed by atoms with Crippen LogP contribution in [0.2, 0.25) is 0 Å². The Bertz CT molecular complexity index is 3050. The van der Waals surface area contributed by atoms with Crippen LogP contribution < -0.4 is 14.0 Å². The molecule has 6 unspecified atom stereocenters. The lowest BCUT2D eigenvalue weighted by atomic mass is 9.74. The van der Waals surface area contributed by atoms with Crippen LogP contribution in [0.4, 0.5) is 0 Å². The summed E-state index contributed by atoms with van der Waals surface area (Å²) in [5, 5.41) is 9.53. The molecule has 0 radical (unpaired) electrons. The number of β-lactam (4-membered cyclic amide) rings is 2. The van der Waals surface area contributed by atoms with E-state index < -0.39 is 59.6 Å². The highest BCUT2D eigenvalue weighted by atomic mass is 127. The molecule has 4 aliphatic heterocycles. The lowest BCUT2D eigenvalue weighted by Crippen LogP contribution is -2.63. The molecule has 0 spiro atoms. The Balaban J connectivity index is 0.000000237. The molecule has 2 fully saturated rings. The number of carbonyl (C=O) groups is 6. The summed E-state index contributed by atoms with van der Waals surface area (Å²) in [4.78, 5) is 103. The van der Waals surface area contributed by atoms with Crippen molar-refractivity contribution in [2.45, 2.75) is 52.9 Å². The number of carbonyl (C=O) groups excluding carboxylic acids is 6. The van der Waals surface area contributed by atoms with E-state index in [1.54, 1.807) is 44.6 Å². The van der Waals surface area contributed by atoms with Crippen molar-refractivity contribution in [1.82, 2.24) is 23.9 Å². The van der Waals surface area contributed by atoms with Gasteiger partial charge in [0.15, 0.2) is 0 Å². The van der Waals surface area contributed by atoms with Gasteiger partial charge >= 0.3 is 23.9 Å². The third-order valence-corrected chi connectivity index (χ3v) is 16.4. The normalized spacial score (nSPS) is 20.1. The van der Waals surface area contributed by atoms with Gasteiger partial charge in [-0.3, -0.25) is 19.4 Å². The molecule has 0 aliphatic carbocycles. The van der Waals surface area contributed by atoms with E-state index in [0.717, 1.165) is 12.7 Å². The number of rotatable bonds is 25. The Kier molecular flexibility index (Phi) is 23.2. The van der Waals surface area contributed by atoms with E-state index >= 15 is 0 Å². The Labute approximate surface area is 497 Å². The zero-order chi connectivity index (χ0) is 59.1. The van der Waals surface area contributed by atoms with Gasteiger partial charge in [0.2, 0.25) is 18.1 Å². The van der Waals surface area contributed by atoms with Gasteiger partial charge in [-0.05, 0) is 62.9 Å². The van der Waals surface area contributed by atoms with Gasteiger partial charge < -0.3 is 38.4 Å². The fourth-order valence-corrected chi connectivity index (χ4v) is 11.2. The summed E-state index contributed by atoms with van der Waals surface area (Å²) in [6.45, 7) is 21.8. The molecule has 8 atom stereocenters. The molecule has 4 aliphatic rings. The quantitative estimate of drug-likeness (QED) is 0.0110. The second-order valence-corrected chi connectivity index (χ2v) is 21.4. The molecule has 0 bridgehead atoms. The van der Waals surface area contributed by atoms with Gasteiger partial charge in [0, 0.05) is 48.0 Å². The highest BCUT2D eigenvalue weighted by Gasteiger charge is 2.63. The van der Waals surface area contributed by atoms with E-state index in [9.17, 15) is 33.9 Å². The third kappa shape index (κ3) is 14.6. The largest absolute Gasteiger partial charge is 0.488 e. The molecule has 432 valence electrons. The number of hydrogen-bond acceptors (Lipinski definition) is 16. The van der Waals surface area contributed by atoms with Gasteiger partial charge in [-0.1, -0.05) is 89.4 Å². The molecule has 6 heterocycles. The SMILES string of the molecule is C=CCOOC(=O)C(C)C1C(=O)N2C(C(=O)OCC=C)=C(COc3cccc(CO)c3I)[C@H](C)C12.C=CCOOC(=O)C(C)C1C(=O)N2C(C(=O)OCC=C)=C(COc3cccc(Cn4cc[n+](C)c4)c3I)[C@H](C)C12.Cn1ccnc1. The molecule has 2 saturated heterocycles. The molecule has 1 N–H and O–H groups in total. The van der Waals surface area contributed by atoms with Crippen LogP contribution in [0, 0.1) is 42.6 Å². The van der Waals surface area contributed by atoms with Gasteiger partial charge in [-0.2, -0.15) is 9.78 Å². The van der Waals surface area contributed by atoms with Crippen LogP contribution in [0.3, 0.4) is 0 Å². The average molecular weight is 1340 g/mol. The van der Waals surface area contributed by atoms with Crippen molar-refractivity contribution in [3.8, 4) is 11.5 Å². The molecule has 21 nitrogen and oxygen atoms in total. The van der Waals surface area contributed by atoms with E-state index in [0.29, 0.717) is 34.8 Å². The maximum absolute atomic E-state index is 13.3. The fraction of sp³-hybridized carbons (Fsp3) is 0.379. The number of ether oxygens (including phenoxy) is 4. The molecular formula is C58H67I2N6O15+. The summed E-state index contributed by atoms with van der Waals surface area (Å²) >= 11 is 4.35.